The number of amides is 2. The largest absolute Gasteiger partial charge is 0.346 e. The molecule has 170 valence electrons. The van der Waals surface area contributed by atoms with Crippen molar-refractivity contribution in [2.75, 3.05) is 22.6 Å². The first-order valence-electron chi connectivity index (χ1n) is 10.5. The Hall–Kier alpha value is -3.17. The van der Waals surface area contributed by atoms with Crippen molar-refractivity contribution in [2.24, 2.45) is 11.8 Å². The summed E-state index contributed by atoms with van der Waals surface area (Å²) in [5, 5.41) is 5.33. The standard InChI is InChI=1S/C22H24F3N5O2/c1-10-19-20(30(3)11(2)21(31)29-19)28-17(26-10)7-12-4-5-13(6-12)22(32)27-14-8-15(23)18(25)16(24)9-14/h8-9,11-13H,4-7H2,1-3H3,(H,27,32)(H,29,31)/t11-,12?,13?/m0/s1. The third-order valence-electron chi connectivity index (χ3n) is 6.29. The highest BCUT2D eigenvalue weighted by Gasteiger charge is 2.33. The maximum absolute atomic E-state index is 13.4. The highest BCUT2D eigenvalue weighted by molar-refractivity contribution is 6.02. The lowest BCUT2D eigenvalue weighted by atomic mass is 10.0. The quantitative estimate of drug-likeness (QED) is 0.700. The molecule has 32 heavy (non-hydrogen) atoms. The molecule has 1 saturated carbocycles. The van der Waals surface area contributed by atoms with Gasteiger partial charge in [0.15, 0.2) is 23.3 Å². The van der Waals surface area contributed by atoms with Crippen molar-refractivity contribution in [3.8, 4) is 0 Å². The summed E-state index contributed by atoms with van der Waals surface area (Å²) >= 11 is 0. The Labute approximate surface area is 183 Å². The van der Waals surface area contributed by atoms with E-state index in [9.17, 15) is 22.8 Å². The van der Waals surface area contributed by atoms with Gasteiger partial charge in [0, 0.05) is 37.2 Å². The highest BCUT2D eigenvalue weighted by atomic mass is 19.2. The molecule has 7 nitrogen and oxygen atoms in total. The van der Waals surface area contributed by atoms with Gasteiger partial charge in [0.2, 0.25) is 11.8 Å². The minimum Gasteiger partial charge on any atom is -0.346 e. The first kappa shape index (κ1) is 22.0. The average Bonchev–Trinajstić information content (AvgIpc) is 3.20. The molecular formula is C22H24F3N5O2. The van der Waals surface area contributed by atoms with Crippen molar-refractivity contribution in [1.29, 1.82) is 0 Å². The number of likely N-dealkylation sites (N-methyl/N-ethyl adjacent to an activating group) is 1. The van der Waals surface area contributed by atoms with E-state index >= 15 is 0 Å². The van der Waals surface area contributed by atoms with Gasteiger partial charge in [-0.3, -0.25) is 9.59 Å². The molecule has 1 aliphatic carbocycles. The van der Waals surface area contributed by atoms with Crippen LogP contribution in [0, 0.1) is 36.2 Å². The van der Waals surface area contributed by atoms with Crippen LogP contribution >= 0.6 is 0 Å². The summed E-state index contributed by atoms with van der Waals surface area (Å²) in [6.45, 7) is 3.62. The Morgan fingerprint density at radius 1 is 1.22 bits per heavy atom. The van der Waals surface area contributed by atoms with Crippen molar-refractivity contribution in [1.82, 2.24) is 9.97 Å². The molecule has 2 amide bonds. The Balaban J connectivity index is 1.42. The molecule has 1 fully saturated rings. The summed E-state index contributed by atoms with van der Waals surface area (Å²) in [6.07, 6.45) is 2.57. The number of benzene rings is 1. The van der Waals surface area contributed by atoms with Crippen molar-refractivity contribution in [2.45, 2.75) is 45.6 Å². The number of carbonyl (C=O) groups is 2. The molecule has 1 aromatic carbocycles. The number of hydrogen-bond acceptors (Lipinski definition) is 5. The van der Waals surface area contributed by atoms with Gasteiger partial charge in [-0.15, -0.1) is 0 Å². The van der Waals surface area contributed by atoms with Crippen molar-refractivity contribution >= 4 is 29.0 Å². The summed E-state index contributed by atoms with van der Waals surface area (Å²) < 4.78 is 39.9. The van der Waals surface area contributed by atoms with E-state index in [2.05, 4.69) is 20.6 Å². The van der Waals surface area contributed by atoms with Gasteiger partial charge in [0.05, 0.1) is 5.69 Å². The van der Waals surface area contributed by atoms with E-state index in [1.54, 1.807) is 6.92 Å². The number of fused-ring (bicyclic) bond motifs is 1. The molecular weight excluding hydrogens is 423 g/mol. The zero-order chi connectivity index (χ0) is 23.2. The van der Waals surface area contributed by atoms with Crippen LogP contribution in [-0.4, -0.2) is 34.9 Å². The predicted molar refractivity (Wildman–Crippen MR) is 113 cm³/mol. The molecule has 2 aliphatic rings. The van der Waals surface area contributed by atoms with E-state index < -0.39 is 17.5 Å². The smallest absolute Gasteiger partial charge is 0.246 e. The van der Waals surface area contributed by atoms with E-state index in [1.165, 1.54) is 0 Å². The minimum absolute atomic E-state index is 0.106. The third-order valence-corrected chi connectivity index (χ3v) is 6.29. The molecule has 3 atom stereocenters. The van der Waals surface area contributed by atoms with Crippen LogP contribution in [0.5, 0.6) is 0 Å². The molecule has 1 aromatic heterocycles. The van der Waals surface area contributed by atoms with Crippen molar-refractivity contribution < 1.29 is 22.8 Å². The lowest BCUT2D eigenvalue weighted by molar-refractivity contribution is -0.120. The molecule has 2 heterocycles. The molecule has 10 heteroatoms. The molecule has 2 unspecified atom stereocenters. The number of hydrogen-bond donors (Lipinski definition) is 2. The van der Waals surface area contributed by atoms with Crippen LogP contribution in [0.4, 0.5) is 30.4 Å². The minimum atomic E-state index is -1.57. The molecule has 0 bridgehead atoms. The van der Waals surface area contributed by atoms with Crippen LogP contribution in [0.15, 0.2) is 12.1 Å². The molecule has 0 radical (unpaired) electrons. The Bertz CT molecular complexity index is 1070. The summed E-state index contributed by atoms with van der Waals surface area (Å²) in [7, 11) is 1.81. The van der Waals surface area contributed by atoms with Gasteiger partial charge >= 0.3 is 0 Å². The van der Waals surface area contributed by atoms with Gasteiger partial charge in [-0.05, 0) is 39.0 Å². The molecule has 2 aromatic rings. The van der Waals surface area contributed by atoms with E-state index in [4.69, 9.17) is 0 Å². The van der Waals surface area contributed by atoms with E-state index in [0.717, 1.165) is 18.6 Å². The fourth-order valence-corrected chi connectivity index (χ4v) is 4.32. The van der Waals surface area contributed by atoms with E-state index in [1.807, 2.05) is 18.9 Å². The van der Waals surface area contributed by atoms with Crippen LogP contribution in [0.25, 0.3) is 0 Å². The van der Waals surface area contributed by atoms with Gasteiger partial charge < -0.3 is 15.5 Å². The topological polar surface area (TPSA) is 87.2 Å². The molecule has 1 aliphatic heterocycles. The maximum atomic E-state index is 13.4. The van der Waals surface area contributed by atoms with Crippen LogP contribution in [0.3, 0.4) is 0 Å². The first-order chi connectivity index (χ1) is 15.1. The van der Waals surface area contributed by atoms with Crippen molar-refractivity contribution in [3.05, 3.63) is 41.1 Å². The predicted octanol–water partition coefficient (Wildman–Crippen LogP) is 3.58. The number of aryl methyl sites for hydroxylation is 1. The summed E-state index contributed by atoms with van der Waals surface area (Å²) in [5.41, 5.74) is 1.19. The summed E-state index contributed by atoms with van der Waals surface area (Å²) in [6, 6.07) is 1.19. The van der Waals surface area contributed by atoms with Crippen LogP contribution in [0.2, 0.25) is 0 Å². The summed E-state index contributed by atoms with van der Waals surface area (Å²) in [5.74, 6) is -3.55. The Morgan fingerprint density at radius 2 is 1.91 bits per heavy atom. The van der Waals surface area contributed by atoms with Gasteiger partial charge in [-0.25, -0.2) is 23.1 Å². The monoisotopic (exact) mass is 447 g/mol. The molecule has 2 N–H and O–H groups in total. The average molecular weight is 447 g/mol. The molecule has 0 saturated heterocycles. The SMILES string of the molecule is Cc1nc(CC2CCC(C(=O)Nc3cc(F)c(F)c(F)c3)C2)nc2c1NC(=O)[C@H](C)N2C. The van der Waals surface area contributed by atoms with E-state index in [-0.39, 0.29) is 35.4 Å². The number of rotatable bonds is 4. The van der Waals surface area contributed by atoms with Gasteiger partial charge in [0.25, 0.3) is 0 Å². The molecule has 4 rings (SSSR count). The number of nitrogens with one attached hydrogen (secondary N) is 2. The van der Waals surface area contributed by atoms with Gasteiger partial charge in [-0.2, -0.15) is 0 Å². The fraction of sp³-hybridized carbons (Fsp3) is 0.455. The number of carbonyl (C=O) groups excluding carboxylic acids is 2. The summed E-state index contributed by atoms with van der Waals surface area (Å²) in [4.78, 5) is 35.6. The zero-order valence-corrected chi connectivity index (χ0v) is 18.0. The fourth-order valence-electron chi connectivity index (χ4n) is 4.32. The third kappa shape index (κ3) is 4.13. The van der Waals surface area contributed by atoms with Gasteiger partial charge in [-0.1, -0.05) is 0 Å². The maximum Gasteiger partial charge on any atom is 0.246 e. The van der Waals surface area contributed by atoms with E-state index in [0.29, 0.717) is 42.3 Å². The van der Waals surface area contributed by atoms with Crippen LogP contribution in [0.1, 0.15) is 37.7 Å². The van der Waals surface area contributed by atoms with Crippen LogP contribution in [-0.2, 0) is 16.0 Å². The second-order valence-corrected chi connectivity index (χ2v) is 8.52. The van der Waals surface area contributed by atoms with Crippen LogP contribution < -0.4 is 15.5 Å². The Morgan fingerprint density at radius 3 is 2.59 bits per heavy atom. The molecule has 0 spiro atoms. The lowest BCUT2D eigenvalue weighted by Gasteiger charge is -2.32. The lowest BCUT2D eigenvalue weighted by Crippen LogP contribution is -2.45. The number of nitrogens with zero attached hydrogens (tertiary/aromatic N) is 3. The normalized spacial score (nSPS) is 22.5. The highest BCUT2D eigenvalue weighted by Crippen LogP contribution is 2.36. The van der Waals surface area contributed by atoms with Crippen molar-refractivity contribution in [3.63, 3.8) is 0 Å². The second-order valence-electron chi connectivity index (χ2n) is 8.52. The first-order valence-corrected chi connectivity index (χ1v) is 10.5. The van der Waals surface area contributed by atoms with Gasteiger partial charge in [0.1, 0.15) is 17.6 Å². The second kappa shape index (κ2) is 8.40. The Kier molecular flexibility index (Phi) is 5.79. The number of halogens is 3. The zero-order valence-electron chi connectivity index (χ0n) is 18.0. The number of aromatic nitrogens is 2. The number of anilines is 3.